The quantitative estimate of drug-likeness (QED) is 0.557. The van der Waals surface area contributed by atoms with E-state index in [1.165, 1.54) is 19.3 Å². The zero-order valence-electron chi connectivity index (χ0n) is 10.4. The highest BCUT2D eigenvalue weighted by atomic mass is 16.3. The first kappa shape index (κ1) is 13.9. The highest BCUT2D eigenvalue weighted by Gasteiger charge is 2.19. The molecule has 96 valence electrons. The molecule has 0 aromatic heterocycles. The predicted octanol–water partition coefficient (Wildman–Crippen LogP) is 0.194. The highest BCUT2D eigenvalue weighted by molar-refractivity contribution is 4.78. The standard InChI is InChI=1S/C12H26N2O2/c1-2-3-7-14(9-12(16)10-15)8-11-5-4-6-13-11/h11-13,15-16H,2-10H2,1H3. The van der Waals surface area contributed by atoms with Gasteiger partial charge in [-0.1, -0.05) is 13.3 Å². The molecule has 2 atom stereocenters. The first-order valence-corrected chi connectivity index (χ1v) is 6.51. The van der Waals surface area contributed by atoms with Crippen LogP contribution in [0.1, 0.15) is 32.6 Å². The first-order chi connectivity index (χ1) is 7.76. The van der Waals surface area contributed by atoms with E-state index in [9.17, 15) is 5.11 Å². The van der Waals surface area contributed by atoms with Crippen molar-refractivity contribution in [2.45, 2.75) is 44.8 Å². The van der Waals surface area contributed by atoms with E-state index in [0.29, 0.717) is 12.6 Å². The van der Waals surface area contributed by atoms with Gasteiger partial charge < -0.3 is 15.5 Å². The van der Waals surface area contributed by atoms with Gasteiger partial charge in [-0.25, -0.2) is 0 Å². The molecular weight excluding hydrogens is 204 g/mol. The van der Waals surface area contributed by atoms with Gasteiger partial charge in [0.1, 0.15) is 0 Å². The van der Waals surface area contributed by atoms with Crippen LogP contribution in [-0.4, -0.2) is 60.0 Å². The van der Waals surface area contributed by atoms with Gasteiger partial charge in [0, 0.05) is 19.1 Å². The lowest BCUT2D eigenvalue weighted by molar-refractivity contribution is 0.0562. The van der Waals surface area contributed by atoms with Gasteiger partial charge in [-0.05, 0) is 32.4 Å². The van der Waals surface area contributed by atoms with Crippen molar-refractivity contribution in [1.82, 2.24) is 10.2 Å². The predicted molar refractivity (Wildman–Crippen MR) is 65.5 cm³/mol. The third-order valence-electron chi connectivity index (χ3n) is 3.15. The number of unbranched alkanes of at least 4 members (excludes halogenated alkanes) is 1. The monoisotopic (exact) mass is 230 g/mol. The Kier molecular flexibility index (Phi) is 6.96. The van der Waals surface area contributed by atoms with E-state index in [2.05, 4.69) is 17.1 Å². The highest BCUT2D eigenvalue weighted by Crippen LogP contribution is 2.08. The van der Waals surface area contributed by atoms with E-state index >= 15 is 0 Å². The van der Waals surface area contributed by atoms with E-state index in [0.717, 1.165) is 26.1 Å². The summed E-state index contributed by atoms with van der Waals surface area (Å²) in [4.78, 5) is 2.27. The summed E-state index contributed by atoms with van der Waals surface area (Å²) in [6.45, 7) is 5.77. The second kappa shape index (κ2) is 8.01. The number of hydrogen-bond donors (Lipinski definition) is 3. The molecule has 16 heavy (non-hydrogen) atoms. The lowest BCUT2D eigenvalue weighted by Crippen LogP contribution is -2.42. The Morgan fingerprint density at radius 1 is 1.50 bits per heavy atom. The summed E-state index contributed by atoms with van der Waals surface area (Å²) in [6.07, 6.45) is 4.22. The third kappa shape index (κ3) is 5.25. The molecule has 1 rings (SSSR count). The second-order valence-electron chi connectivity index (χ2n) is 4.74. The lowest BCUT2D eigenvalue weighted by Gasteiger charge is -2.27. The molecular formula is C12H26N2O2. The van der Waals surface area contributed by atoms with Crippen molar-refractivity contribution in [2.24, 2.45) is 0 Å². The number of nitrogens with zero attached hydrogens (tertiary/aromatic N) is 1. The summed E-state index contributed by atoms with van der Waals surface area (Å²) in [6, 6.07) is 0.572. The summed E-state index contributed by atoms with van der Waals surface area (Å²) in [5.41, 5.74) is 0. The van der Waals surface area contributed by atoms with Crippen LogP contribution in [0.15, 0.2) is 0 Å². The largest absolute Gasteiger partial charge is 0.394 e. The van der Waals surface area contributed by atoms with Crippen LogP contribution in [0.3, 0.4) is 0 Å². The molecule has 1 saturated heterocycles. The Morgan fingerprint density at radius 2 is 2.31 bits per heavy atom. The number of nitrogens with one attached hydrogen (secondary N) is 1. The van der Waals surface area contributed by atoms with Crippen LogP contribution in [0, 0.1) is 0 Å². The van der Waals surface area contributed by atoms with Gasteiger partial charge in [-0.2, -0.15) is 0 Å². The molecule has 0 spiro atoms. The lowest BCUT2D eigenvalue weighted by atomic mass is 10.2. The number of aliphatic hydroxyl groups is 2. The Balaban J connectivity index is 2.29. The van der Waals surface area contributed by atoms with Gasteiger partial charge in [0.05, 0.1) is 12.7 Å². The van der Waals surface area contributed by atoms with Crippen LogP contribution in [-0.2, 0) is 0 Å². The fraction of sp³-hybridized carbons (Fsp3) is 1.00. The molecule has 1 heterocycles. The molecule has 1 aliphatic rings. The van der Waals surface area contributed by atoms with Crippen LogP contribution in [0.2, 0.25) is 0 Å². The molecule has 4 heteroatoms. The zero-order valence-corrected chi connectivity index (χ0v) is 10.4. The molecule has 2 unspecified atom stereocenters. The summed E-state index contributed by atoms with van der Waals surface area (Å²) in [7, 11) is 0. The average molecular weight is 230 g/mol. The minimum Gasteiger partial charge on any atom is -0.394 e. The zero-order chi connectivity index (χ0) is 11.8. The van der Waals surface area contributed by atoms with E-state index < -0.39 is 6.10 Å². The van der Waals surface area contributed by atoms with Crippen LogP contribution < -0.4 is 5.32 Å². The van der Waals surface area contributed by atoms with Gasteiger partial charge in [-0.15, -0.1) is 0 Å². The molecule has 1 aliphatic heterocycles. The molecule has 0 amide bonds. The molecule has 1 fully saturated rings. The van der Waals surface area contributed by atoms with Gasteiger partial charge >= 0.3 is 0 Å². The van der Waals surface area contributed by atoms with Gasteiger partial charge in [0.25, 0.3) is 0 Å². The fourth-order valence-electron chi connectivity index (χ4n) is 2.22. The Morgan fingerprint density at radius 3 is 2.88 bits per heavy atom. The van der Waals surface area contributed by atoms with E-state index in [1.807, 2.05) is 0 Å². The summed E-state index contributed by atoms with van der Waals surface area (Å²) < 4.78 is 0. The van der Waals surface area contributed by atoms with Gasteiger partial charge in [0.15, 0.2) is 0 Å². The van der Waals surface area contributed by atoms with Crippen molar-refractivity contribution >= 4 is 0 Å². The maximum atomic E-state index is 9.49. The van der Waals surface area contributed by atoms with Crippen LogP contribution >= 0.6 is 0 Å². The maximum absolute atomic E-state index is 9.49. The second-order valence-corrected chi connectivity index (χ2v) is 4.74. The number of hydrogen-bond acceptors (Lipinski definition) is 4. The smallest absolute Gasteiger partial charge is 0.0897 e. The van der Waals surface area contributed by atoms with Crippen molar-refractivity contribution < 1.29 is 10.2 Å². The summed E-state index contributed by atoms with van der Waals surface area (Å²) in [5, 5.41) is 21.8. The molecule has 4 nitrogen and oxygen atoms in total. The van der Waals surface area contributed by atoms with E-state index in [-0.39, 0.29) is 6.61 Å². The minimum absolute atomic E-state index is 0.138. The van der Waals surface area contributed by atoms with Crippen molar-refractivity contribution in [3.05, 3.63) is 0 Å². The van der Waals surface area contributed by atoms with Crippen molar-refractivity contribution in [1.29, 1.82) is 0 Å². The van der Waals surface area contributed by atoms with E-state index in [1.54, 1.807) is 0 Å². The summed E-state index contributed by atoms with van der Waals surface area (Å²) >= 11 is 0. The first-order valence-electron chi connectivity index (χ1n) is 6.51. The van der Waals surface area contributed by atoms with Gasteiger partial charge in [-0.3, -0.25) is 4.90 Å². The average Bonchev–Trinajstić information content (AvgIpc) is 2.78. The fourth-order valence-corrected chi connectivity index (χ4v) is 2.22. The topological polar surface area (TPSA) is 55.7 Å². The molecule has 0 radical (unpaired) electrons. The van der Waals surface area contributed by atoms with Crippen molar-refractivity contribution in [3.8, 4) is 0 Å². The van der Waals surface area contributed by atoms with Crippen LogP contribution in [0.25, 0.3) is 0 Å². The molecule has 3 N–H and O–H groups in total. The molecule has 0 aromatic carbocycles. The normalized spacial score (nSPS) is 22.9. The minimum atomic E-state index is -0.599. The Bertz CT molecular complexity index is 172. The van der Waals surface area contributed by atoms with Gasteiger partial charge in [0.2, 0.25) is 0 Å². The molecule has 0 saturated carbocycles. The van der Waals surface area contributed by atoms with Crippen LogP contribution in [0.5, 0.6) is 0 Å². The number of rotatable bonds is 8. The molecule has 0 aliphatic carbocycles. The molecule has 0 aromatic rings. The third-order valence-corrected chi connectivity index (χ3v) is 3.15. The molecule has 0 bridgehead atoms. The maximum Gasteiger partial charge on any atom is 0.0897 e. The Hall–Kier alpha value is -0.160. The summed E-state index contributed by atoms with van der Waals surface area (Å²) in [5.74, 6) is 0. The SMILES string of the molecule is CCCCN(CC(O)CO)CC1CCCN1. The Labute approximate surface area is 98.6 Å². The van der Waals surface area contributed by atoms with Crippen molar-refractivity contribution in [2.75, 3.05) is 32.8 Å². The van der Waals surface area contributed by atoms with Crippen LogP contribution in [0.4, 0.5) is 0 Å². The van der Waals surface area contributed by atoms with E-state index in [4.69, 9.17) is 5.11 Å². The number of aliphatic hydroxyl groups excluding tert-OH is 2. The van der Waals surface area contributed by atoms with Crippen molar-refractivity contribution in [3.63, 3.8) is 0 Å².